The van der Waals surface area contributed by atoms with Crippen LogP contribution < -0.4 is 10.0 Å². The number of thiazole rings is 1. The van der Waals surface area contributed by atoms with Gasteiger partial charge < -0.3 is 5.32 Å². The molecule has 0 aliphatic carbocycles. The number of aromatic amines is 1. The molecule has 0 aromatic carbocycles. The third kappa shape index (κ3) is 3.67. The molecule has 21 heavy (non-hydrogen) atoms. The average molecular weight is 329 g/mol. The Kier molecular flexibility index (Phi) is 4.77. The predicted molar refractivity (Wildman–Crippen MR) is 81.4 cm³/mol. The Morgan fingerprint density at radius 3 is 2.81 bits per heavy atom. The van der Waals surface area contributed by atoms with Crippen LogP contribution in [0.15, 0.2) is 22.8 Å². The van der Waals surface area contributed by atoms with Crippen LogP contribution in [-0.4, -0.2) is 30.1 Å². The van der Waals surface area contributed by atoms with Gasteiger partial charge in [0.05, 0.1) is 11.7 Å². The van der Waals surface area contributed by atoms with Crippen LogP contribution in [0.1, 0.15) is 31.3 Å². The average Bonchev–Trinajstić information content (AvgIpc) is 3.06. The molecule has 0 bridgehead atoms. The Hall–Kier alpha value is -1.29. The smallest absolute Gasteiger partial charge is 0.258 e. The number of hydrogen-bond donors (Lipinski definition) is 3. The van der Waals surface area contributed by atoms with Gasteiger partial charge in [-0.1, -0.05) is 6.92 Å². The molecular formula is C12H19N5O2S2. The number of H-pyrrole nitrogens is 1. The fourth-order valence-corrected chi connectivity index (χ4v) is 4.18. The van der Waals surface area contributed by atoms with Crippen LogP contribution in [0.2, 0.25) is 0 Å². The molecule has 2 aromatic heterocycles. The van der Waals surface area contributed by atoms with Crippen molar-refractivity contribution in [3.8, 4) is 0 Å². The molecule has 2 aromatic rings. The molecule has 0 saturated heterocycles. The molecule has 0 spiro atoms. The van der Waals surface area contributed by atoms with Gasteiger partial charge in [-0.05, 0) is 20.4 Å². The maximum Gasteiger partial charge on any atom is 0.258 e. The third-order valence-electron chi connectivity index (χ3n) is 2.87. The summed E-state index contributed by atoms with van der Waals surface area (Å²) in [6.45, 7) is 6.72. The first-order chi connectivity index (χ1) is 9.87. The van der Waals surface area contributed by atoms with Crippen LogP contribution in [0.4, 0.5) is 0 Å². The summed E-state index contributed by atoms with van der Waals surface area (Å²) in [7, 11) is -3.70. The van der Waals surface area contributed by atoms with Gasteiger partial charge in [0.15, 0.2) is 5.03 Å². The van der Waals surface area contributed by atoms with Crippen LogP contribution in [0.5, 0.6) is 0 Å². The zero-order valence-electron chi connectivity index (χ0n) is 12.2. The highest BCUT2D eigenvalue weighted by Crippen LogP contribution is 2.25. The lowest BCUT2D eigenvalue weighted by atomic mass is 10.1. The van der Waals surface area contributed by atoms with Crippen LogP contribution in [-0.2, 0) is 22.1 Å². The summed E-state index contributed by atoms with van der Waals surface area (Å²) >= 11 is 1.41. The number of sulfonamides is 1. The fourth-order valence-electron chi connectivity index (χ4n) is 1.88. The Bertz CT molecular complexity index is 676. The van der Waals surface area contributed by atoms with Gasteiger partial charge in [0.25, 0.3) is 10.0 Å². The summed E-state index contributed by atoms with van der Waals surface area (Å²) in [5, 5.41) is 12.1. The second-order valence-electron chi connectivity index (χ2n) is 5.07. The van der Waals surface area contributed by atoms with E-state index in [1.807, 2.05) is 12.3 Å². The molecule has 0 aliphatic heterocycles. The van der Waals surface area contributed by atoms with Gasteiger partial charge >= 0.3 is 0 Å². The van der Waals surface area contributed by atoms with Crippen molar-refractivity contribution in [3.63, 3.8) is 0 Å². The van der Waals surface area contributed by atoms with Gasteiger partial charge in [0.1, 0.15) is 5.01 Å². The molecule has 7 nitrogen and oxygen atoms in total. The summed E-state index contributed by atoms with van der Waals surface area (Å²) in [6.07, 6.45) is 3.18. The van der Waals surface area contributed by atoms with E-state index in [1.165, 1.54) is 17.5 Å². The highest BCUT2D eigenvalue weighted by atomic mass is 32.2. The summed E-state index contributed by atoms with van der Waals surface area (Å²) in [6, 6.07) is 0. The minimum absolute atomic E-state index is 0.0908. The van der Waals surface area contributed by atoms with Crippen molar-refractivity contribution >= 4 is 21.4 Å². The largest absolute Gasteiger partial charge is 0.313 e. The highest BCUT2D eigenvalue weighted by molar-refractivity contribution is 7.89. The maximum atomic E-state index is 12.6. The van der Waals surface area contributed by atoms with Crippen LogP contribution in [0.25, 0.3) is 0 Å². The van der Waals surface area contributed by atoms with Crippen LogP contribution in [0, 0.1) is 0 Å². The first-order valence-electron chi connectivity index (χ1n) is 6.53. The summed E-state index contributed by atoms with van der Waals surface area (Å²) in [5.41, 5.74) is -0.174. The molecule has 116 valence electrons. The van der Waals surface area contributed by atoms with Gasteiger partial charge in [-0.3, -0.25) is 5.10 Å². The first kappa shape index (κ1) is 16.1. The van der Waals surface area contributed by atoms with Gasteiger partial charge in [-0.2, -0.15) is 9.82 Å². The molecule has 0 unspecified atom stereocenters. The van der Waals surface area contributed by atoms with E-state index >= 15 is 0 Å². The number of aromatic nitrogens is 3. The van der Waals surface area contributed by atoms with Crippen LogP contribution in [0.3, 0.4) is 0 Å². The van der Waals surface area contributed by atoms with Crippen molar-refractivity contribution in [2.24, 2.45) is 0 Å². The molecule has 0 radical (unpaired) electrons. The Balaban J connectivity index is 2.25. The molecule has 3 N–H and O–H groups in total. The minimum atomic E-state index is -3.70. The number of nitrogens with zero attached hydrogens (tertiary/aromatic N) is 2. The predicted octanol–water partition coefficient (Wildman–Crippen LogP) is 1.19. The van der Waals surface area contributed by atoms with Crippen molar-refractivity contribution in [2.45, 2.75) is 37.9 Å². The van der Waals surface area contributed by atoms with Gasteiger partial charge in [0.2, 0.25) is 0 Å². The second-order valence-corrected chi connectivity index (χ2v) is 7.59. The molecule has 2 heterocycles. The molecule has 0 fully saturated rings. The van der Waals surface area contributed by atoms with E-state index in [1.54, 1.807) is 20.0 Å². The standard InChI is InChI=1S/C12H19N5O2S2/c1-4-13-7-9-8-15-16-10(9)21(18,19)17-12(2,3)11-14-5-6-20-11/h5-6,8,13,17H,4,7H2,1-3H3,(H,15,16). The molecule has 0 aliphatic rings. The Morgan fingerprint density at radius 1 is 1.43 bits per heavy atom. The fraction of sp³-hybridized carbons (Fsp3) is 0.500. The van der Waals surface area contributed by atoms with Crippen molar-refractivity contribution < 1.29 is 8.42 Å². The van der Waals surface area contributed by atoms with E-state index in [9.17, 15) is 8.42 Å². The summed E-state index contributed by atoms with van der Waals surface area (Å²) in [5.74, 6) is 0. The lowest BCUT2D eigenvalue weighted by Crippen LogP contribution is -2.41. The van der Waals surface area contributed by atoms with Crippen LogP contribution >= 0.6 is 11.3 Å². The van der Waals surface area contributed by atoms with Crippen molar-refractivity contribution in [3.05, 3.63) is 28.3 Å². The Morgan fingerprint density at radius 2 is 2.19 bits per heavy atom. The number of rotatable bonds is 7. The zero-order valence-corrected chi connectivity index (χ0v) is 13.8. The first-order valence-corrected chi connectivity index (χ1v) is 8.90. The highest BCUT2D eigenvalue weighted by Gasteiger charge is 2.32. The lowest BCUT2D eigenvalue weighted by molar-refractivity contribution is 0.467. The molecule has 0 saturated carbocycles. The normalized spacial score (nSPS) is 12.7. The van der Waals surface area contributed by atoms with E-state index in [2.05, 4.69) is 25.2 Å². The SMILES string of the molecule is CCNCc1cn[nH]c1S(=O)(=O)NC(C)(C)c1nccs1. The van der Waals surface area contributed by atoms with E-state index in [-0.39, 0.29) is 5.03 Å². The van der Waals surface area contributed by atoms with Gasteiger partial charge in [-0.25, -0.2) is 13.4 Å². The molecule has 2 rings (SSSR count). The van der Waals surface area contributed by atoms with E-state index in [4.69, 9.17) is 0 Å². The molecule has 0 amide bonds. The van der Waals surface area contributed by atoms with E-state index < -0.39 is 15.6 Å². The number of hydrogen-bond acceptors (Lipinski definition) is 6. The van der Waals surface area contributed by atoms with Crippen molar-refractivity contribution in [1.82, 2.24) is 25.2 Å². The quantitative estimate of drug-likeness (QED) is 0.708. The molecule has 0 atom stereocenters. The van der Waals surface area contributed by atoms with Crippen molar-refractivity contribution in [2.75, 3.05) is 6.54 Å². The van der Waals surface area contributed by atoms with E-state index in [0.717, 1.165) is 6.54 Å². The molecular weight excluding hydrogens is 310 g/mol. The number of nitrogens with one attached hydrogen (secondary N) is 3. The summed E-state index contributed by atoms with van der Waals surface area (Å²) in [4.78, 5) is 4.18. The van der Waals surface area contributed by atoms with Crippen molar-refractivity contribution in [1.29, 1.82) is 0 Å². The summed E-state index contributed by atoms with van der Waals surface area (Å²) < 4.78 is 27.8. The topological polar surface area (TPSA) is 99.8 Å². The zero-order chi connectivity index (χ0) is 15.5. The molecule has 9 heteroatoms. The minimum Gasteiger partial charge on any atom is -0.313 e. The third-order valence-corrected chi connectivity index (χ3v) is 5.64. The van der Waals surface area contributed by atoms with Gasteiger partial charge in [0, 0.05) is 23.7 Å². The monoisotopic (exact) mass is 329 g/mol. The maximum absolute atomic E-state index is 12.6. The van der Waals surface area contributed by atoms with Gasteiger partial charge in [-0.15, -0.1) is 11.3 Å². The Labute approximate surface area is 128 Å². The lowest BCUT2D eigenvalue weighted by Gasteiger charge is -2.23. The van der Waals surface area contributed by atoms with E-state index in [0.29, 0.717) is 17.1 Å². The second kappa shape index (κ2) is 6.22.